The summed E-state index contributed by atoms with van der Waals surface area (Å²) in [6.07, 6.45) is 1.11. The number of carboxylic acids is 1. The molecule has 0 radical (unpaired) electrons. The van der Waals surface area contributed by atoms with Crippen LogP contribution in [0, 0.1) is 17.2 Å². The van der Waals surface area contributed by atoms with Crippen LogP contribution in [0.4, 0.5) is 11.8 Å². The van der Waals surface area contributed by atoms with Crippen molar-refractivity contribution in [2.45, 2.75) is 19.4 Å². The fraction of sp³-hybridized carbons (Fsp3) is 0.304. The van der Waals surface area contributed by atoms with Crippen molar-refractivity contribution in [2.24, 2.45) is 5.92 Å². The monoisotopic (exact) mass is 474 g/mol. The molecule has 1 aromatic heterocycles. The van der Waals surface area contributed by atoms with Gasteiger partial charge in [-0.05, 0) is 48.7 Å². The number of anilines is 2. The summed E-state index contributed by atoms with van der Waals surface area (Å²) in [6.45, 7) is 1.62. The number of hydrogen-bond donors (Lipinski definition) is 2. The van der Waals surface area contributed by atoms with Crippen LogP contribution in [0.25, 0.3) is 10.9 Å². The molecule has 1 aliphatic heterocycles. The molecule has 0 unspecified atom stereocenters. The number of benzene rings is 2. The molecule has 2 aromatic carbocycles. The van der Waals surface area contributed by atoms with Crippen molar-refractivity contribution in [1.82, 2.24) is 9.97 Å². The second-order valence-corrected chi connectivity index (χ2v) is 8.05. The second-order valence-electron chi connectivity index (χ2n) is 7.64. The Bertz CT molecular complexity index is 1210. The molecule has 0 aliphatic carbocycles. The van der Waals surface area contributed by atoms with Crippen LogP contribution in [-0.4, -0.2) is 41.2 Å². The minimum atomic E-state index is -0.756. The number of carbonyl (C=O) groups is 1. The van der Waals surface area contributed by atoms with Crippen molar-refractivity contribution in [3.8, 4) is 11.8 Å². The number of halogens is 1. The van der Waals surface area contributed by atoms with Gasteiger partial charge in [-0.2, -0.15) is 10.2 Å². The van der Waals surface area contributed by atoms with Crippen molar-refractivity contribution in [3.05, 3.63) is 52.5 Å². The second kappa shape index (κ2) is 11.0. The Morgan fingerprint density at radius 2 is 2.03 bits per heavy atom. The number of carboxylic acid groups (broad SMARTS) is 1. The zero-order valence-corrected chi connectivity index (χ0v) is 21.3. The number of aromatic nitrogens is 2. The van der Waals surface area contributed by atoms with Gasteiger partial charge in [0.25, 0.3) is 0 Å². The van der Waals surface area contributed by atoms with E-state index in [0.29, 0.717) is 66.1 Å². The maximum Gasteiger partial charge on any atom is 1.00 e. The Balaban J connectivity index is 0.00000306. The summed E-state index contributed by atoms with van der Waals surface area (Å²) in [6, 6.07) is 13.0. The Hall–Kier alpha value is -2.57. The molecule has 2 heterocycles. The van der Waals surface area contributed by atoms with E-state index in [9.17, 15) is 15.2 Å². The van der Waals surface area contributed by atoms with E-state index in [1.807, 2.05) is 23.1 Å². The van der Waals surface area contributed by atoms with Gasteiger partial charge in [-0.1, -0.05) is 17.7 Å². The van der Waals surface area contributed by atoms with Crippen LogP contribution in [0.2, 0.25) is 5.02 Å². The average Bonchev–Trinajstić information content (AvgIpc) is 2.82. The zero-order valence-electron chi connectivity index (χ0n) is 18.5. The Morgan fingerprint density at radius 3 is 2.67 bits per heavy atom. The minimum Gasteiger partial charge on any atom is -0.495 e. The van der Waals surface area contributed by atoms with E-state index in [0.717, 1.165) is 10.9 Å². The first-order chi connectivity index (χ1) is 15.5. The molecule has 0 bridgehead atoms. The number of fused-ring (bicyclic) bond motifs is 1. The molecule has 4 rings (SSSR count). The van der Waals surface area contributed by atoms with Gasteiger partial charge in [0.2, 0.25) is 5.95 Å². The van der Waals surface area contributed by atoms with Gasteiger partial charge in [0.05, 0.1) is 35.2 Å². The van der Waals surface area contributed by atoms with Crippen LogP contribution in [-0.2, 0) is 11.3 Å². The maximum absolute atomic E-state index is 11.3. The van der Waals surface area contributed by atoms with Gasteiger partial charge in [0.1, 0.15) is 11.6 Å². The van der Waals surface area contributed by atoms with Crippen molar-refractivity contribution < 1.29 is 44.2 Å². The van der Waals surface area contributed by atoms with E-state index in [4.69, 9.17) is 21.3 Å². The van der Waals surface area contributed by atoms with Crippen molar-refractivity contribution in [1.29, 1.82) is 5.26 Å². The van der Waals surface area contributed by atoms with E-state index >= 15 is 0 Å². The van der Waals surface area contributed by atoms with E-state index < -0.39 is 5.97 Å². The molecule has 0 atom stereocenters. The quantitative estimate of drug-likeness (QED) is 0.510. The molecule has 8 nitrogen and oxygen atoms in total. The van der Waals surface area contributed by atoms with Crippen LogP contribution in [0.3, 0.4) is 0 Å². The first kappa shape index (κ1) is 25.1. The topological polar surface area (TPSA) is 111 Å². The summed E-state index contributed by atoms with van der Waals surface area (Å²) in [7, 11) is 1.57. The number of nitrogens with one attached hydrogen (secondary N) is 1. The summed E-state index contributed by atoms with van der Waals surface area (Å²) in [5.74, 6) is 0.667. The number of piperidine rings is 1. The van der Waals surface area contributed by atoms with Gasteiger partial charge in [-0.25, -0.2) is 4.98 Å². The molecule has 33 heavy (non-hydrogen) atoms. The molecule has 3 aromatic rings. The van der Waals surface area contributed by atoms with Crippen molar-refractivity contribution in [2.75, 3.05) is 30.4 Å². The van der Waals surface area contributed by atoms with Crippen molar-refractivity contribution >= 4 is 40.2 Å². The Morgan fingerprint density at radius 1 is 1.27 bits per heavy atom. The van der Waals surface area contributed by atoms with Crippen LogP contribution >= 0.6 is 11.6 Å². The van der Waals surface area contributed by atoms with Crippen LogP contribution in [0.1, 0.15) is 24.0 Å². The molecule has 2 N–H and O–H groups in total. The SMILES string of the molecule is COc1ccc(CNc2nc(N3CCC(C(=O)O)CC3)nc3ccc(C#N)cc23)cc1Cl.[Na+]. The zero-order chi connectivity index (χ0) is 22.7. The van der Waals surface area contributed by atoms with Crippen molar-refractivity contribution in [3.63, 3.8) is 0 Å². The minimum absolute atomic E-state index is 0. The molecule has 1 saturated heterocycles. The molecular weight excluding hydrogens is 453 g/mol. The average molecular weight is 475 g/mol. The third-order valence-electron chi connectivity index (χ3n) is 5.62. The van der Waals surface area contributed by atoms with Gasteiger partial charge in [-0.15, -0.1) is 0 Å². The number of hydrogen-bond acceptors (Lipinski definition) is 7. The van der Waals surface area contributed by atoms with E-state index in [2.05, 4.69) is 16.4 Å². The number of methoxy groups -OCH3 is 1. The number of nitriles is 1. The third-order valence-corrected chi connectivity index (χ3v) is 5.91. The molecule has 0 amide bonds. The Labute approximate surface area is 218 Å². The normalized spacial score (nSPS) is 13.8. The van der Waals surface area contributed by atoms with E-state index in [1.165, 1.54) is 0 Å². The predicted octanol–water partition coefficient (Wildman–Crippen LogP) is 1.08. The summed E-state index contributed by atoms with van der Waals surface area (Å²) in [5, 5.41) is 23.2. The fourth-order valence-corrected chi connectivity index (χ4v) is 4.07. The van der Waals surface area contributed by atoms with Gasteiger partial charge in [0.15, 0.2) is 0 Å². The largest absolute Gasteiger partial charge is 1.00 e. The van der Waals surface area contributed by atoms with Gasteiger partial charge < -0.3 is 20.1 Å². The molecule has 1 aliphatic rings. The number of rotatable bonds is 6. The summed E-state index contributed by atoms with van der Waals surface area (Å²) >= 11 is 6.24. The van der Waals surface area contributed by atoms with Gasteiger partial charge >= 0.3 is 35.5 Å². The van der Waals surface area contributed by atoms with Crippen LogP contribution < -0.4 is 44.5 Å². The van der Waals surface area contributed by atoms with Crippen LogP contribution in [0.15, 0.2) is 36.4 Å². The van der Waals surface area contributed by atoms with Crippen LogP contribution in [0.5, 0.6) is 5.75 Å². The molecule has 1 fully saturated rings. The summed E-state index contributed by atoms with van der Waals surface area (Å²) < 4.78 is 5.21. The standard InChI is InChI=1S/C23H22ClN5O3.Na/c1-32-20-5-3-15(11-18(20)24)13-26-21-17-10-14(12-25)2-4-19(17)27-23(28-21)29-8-6-16(7-9-29)22(30)31;/h2-5,10-11,16H,6-9,13H2,1H3,(H,30,31)(H,26,27,28);/q;+1. The third kappa shape index (κ3) is 5.68. The maximum atomic E-state index is 11.3. The molecule has 0 saturated carbocycles. The number of ether oxygens (including phenoxy) is 1. The van der Waals surface area contributed by atoms with E-state index in [1.54, 1.807) is 25.3 Å². The Kier molecular flexibility index (Phi) is 8.38. The first-order valence-corrected chi connectivity index (χ1v) is 10.6. The fourth-order valence-electron chi connectivity index (χ4n) is 3.79. The molecule has 10 heteroatoms. The van der Waals surface area contributed by atoms with Gasteiger partial charge in [0, 0.05) is 25.0 Å². The van der Waals surface area contributed by atoms with E-state index in [-0.39, 0.29) is 35.5 Å². The van der Waals surface area contributed by atoms with Gasteiger partial charge in [-0.3, -0.25) is 4.79 Å². The predicted molar refractivity (Wildman–Crippen MR) is 122 cm³/mol. The summed E-state index contributed by atoms with van der Waals surface area (Å²) in [4.78, 5) is 22.7. The summed E-state index contributed by atoms with van der Waals surface area (Å²) in [5.41, 5.74) is 2.18. The number of nitrogens with zero attached hydrogens (tertiary/aromatic N) is 4. The molecule has 164 valence electrons. The molecular formula is C23H22ClN5NaO3+. The molecule has 0 spiro atoms. The first-order valence-electron chi connectivity index (χ1n) is 10.2. The smallest absolute Gasteiger partial charge is 0.495 e. The number of aliphatic carboxylic acids is 1.